The fourth-order valence-corrected chi connectivity index (χ4v) is 4.82. The van der Waals surface area contributed by atoms with Crippen LogP contribution in [0.1, 0.15) is 49.7 Å². The van der Waals surface area contributed by atoms with Gasteiger partial charge in [-0.3, -0.25) is 14.9 Å². The third kappa shape index (κ3) is 8.80. The van der Waals surface area contributed by atoms with E-state index in [4.69, 9.17) is 24.7 Å². The number of ether oxygens (including phenoxy) is 4. The Balaban J connectivity index is 1.67. The number of guanidine groups is 1. The number of hydrogen-bond donors (Lipinski definition) is 3. The summed E-state index contributed by atoms with van der Waals surface area (Å²) in [7, 11) is 6.23. The summed E-state index contributed by atoms with van der Waals surface area (Å²) in [6.07, 6.45) is 6.25. The van der Waals surface area contributed by atoms with Gasteiger partial charge in [0.2, 0.25) is 11.8 Å². The Labute approximate surface area is 230 Å². The molecule has 1 fully saturated rings. The van der Waals surface area contributed by atoms with Crippen LogP contribution in [0.25, 0.3) is 0 Å². The van der Waals surface area contributed by atoms with Gasteiger partial charge in [-0.05, 0) is 47.7 Å². The van der Waals surface area contributed by atoms with Crippen molar-refractivity contribution in [2.45, 2.75) is 57.5 Å². The first-order valence-electron chi connectivity index (χ1n) is 13.2. The molecule has 2 aromatic carbocycles. The maximum absolute atomic E-state index is 13.2. The van der Waals surface area contributed by atoms with Gasteiger partial charge in [0, 0.05) is 6.54 Å². The van der Waals surface area contributed by atoms with Crippen molar-refractivity contribution in [2.24, 2.45) is 16.6 Å². The van der Waals surface area contributed by atoms with Gasteiger partial charge in [-0.2, -0.15) is 0 Å². The fraction of sp³-hybridized carbons (Fsp3) is 0.483. The number of nitrogens with two attached hydrogens (primary N) is 1. The van der Waals surface area contributed by atoms with E-state index in [2.05, 4.69) is 15.6 Å². The van der Waals surface area contributed by atoms with E-state index in [1.54, 1.807) is 45.6 Å². The van der Waals surface area contributed by atoms with Crippen LogP contribution < -0.4 is 35.3 Å². The summed E-state index contributed by atoms with van der Waals surface area (Å²) in [6, 6.07) is 10.0. The predicted molar refractivity (Wildman–Crippen MR) is 149 cm³/mol. The van der Waals surface area contributed by atoms with Gasteiger partial charge in [0.25, 0.3) is 0 Å². The van der Waals surface area contributed by atoms with Crippen LogP contribution >= 0.6 is 0 Å². The van der Waals surface area contributed by atoms with Crippen LogP contribution in [0, 0.1) is 5.92 Å². The minimum atomic E-state index is -0.713. The van der Waals surface area contributed by atoms with Gasteiger partial charge < -0.3 is 30.0 Å². The lowest BCUT2D eigenvalue weighted by molar-refractivity contribution is -0.123. The first-order chi connectivity index (χ1) is 18.9. The number of rotatable bonds is 12. The summed E-state index contributed by atoms with van der Waals surface area (Å²) >= 11 is 0. The molecule has 3 rings (SSSR count). The van der Waals surface area contributed by atoms with Crippen LogP contribution in [0.5, 0.6) is 23.0 Å². The van der Waals surface area contributed by atoms with Gasteiger partial charge in [0.05, 0.1) is 34.9 Å². The minimum Gasteiger partial charge on any atom is -0.493 e. The minimum absolute atomic E-state index is 0.0648. The van der Waals surface area contributed by atoms with Crippen LogP contribution in [-0.4, -0.2) is 52.3 Å². The summed E-state index contributed by atoms with van der Waals surface area (Å²) < 4.78 is 21.2. The van der Waals surface area contributed by atoms with Crippen LogP contribution in [0.15, 0.2) is 41.4 Å². The summed E-state index contributed by atoms with van der Waals surface area (Å²) in [4.78, 5) is 30.4. The van der Waals surface area contributed by atoms with Gasteiger partial charge in [0.15, 0.2) is 29.0 Å². The molecule has 1 atom stereocenters. The lowest BCUT2D eigenvalue weighted by atomic mass is 9.84. The van der Waals surface area contributed by atoms with Gasteiger partial charge >= 0.3 is 0 Å². The highest BCUT2D eigenvalue weighted by molar-refractivity contribution is 5.98. The summed E-state index contributed by atoms with van der Waals surface area (Å²) in [6.45, 7) is 0.293. The molecule has 2 amide bonds. The van der Waals surface area contributed by atoms with Crippen LogP contribution in [0.3, 0.4) is 0 Å². The van der Waals surface area contributed by atoms with Crippen molar-refractivity contribution >= 4 is 17.8 Å². The molecule has 0 aromatic heterocycles. The lowest BCUT2D eigenvalue weighted by Gasteiger charge is -2.24. The maximum Gasteiger partial charge on any atom is 0.245 e. The monoisotopic (exact) mass is 540 g/mol. The molecule has 2 aromatic rings. The lowest BCUT2D eigenvalue weighted by Crippen LogP contribution is -2.42. The Bertz CT molecular complexity index is 1150. The molecule has 1 unspecified atom stereocenters. The zero-order chi connectivity index (χ0) is 28.2. The summed E-state index contributed by atoms with van der Waals surface area (Å²) in [5.74, 6) is 2.03. The molecule has 4 N–H and O–H groups in total. The third-order valence-corrected chi connectivity index (χ3v) is 6.87. The Morgan fingerprint density at radius 3 is 2.03 bits per heavy atom. The molecule has 1 aliphatic carbocycles. The third-order valence-electron chi connectivity index (χ3n) is 6.87. The molecule has 0 radical (unpaired) electrons. The van der Waals surface area contributed by atoms with E-state index in [0.29, 0.717) is 41.9 Å². The van der Waals surface area contributed by atoms with Crippen LogP contribution in [0.4, 0.5) is 0 Å². The van der Waals surface area contributed by atoms with Crippen LogP contribution in [0.2, 0.25) is 0 Å². The number of hydrogen-bond acceptors (Lipinski definition) is 7. The number of benzene rings is 2. The second-order valence-electron chi connectivity index (χ2n) is 9.59. The number of amides is 2. The van der Waals surface area contributed by atoms with E-state index >= 15 is 0 Å². The van der Waals surface area contributed by atoms with Crippen molar-refractivity contribution in [1.29, 1.82) is 0 Å². The Hall–Kier alpha value is -3.95. The first-order valence-corrected chi connectivity index (χ1v) is 13.2. The van der Waals surface area contributed by atoms with Crippen molar-refractivity contribution in [3.05, 3.63) is 47.5 Å². The van der Waals surface area contributed by atoms with E-state index in [9.17, 15) is 9.59 Å². The molecular formula is C29H40N4O6. The quantitative estimate of drug-likeness (QED) is 0.278. The largest absolute Gasteiger partial charge is 0.493 e. The Morgan fingerprint density at radius 2 is 1.44 bits per heavy atom. The smallest absolute Gasteiger partial charge is 0.245 e. The van der Waals surface area contributed by atoms with Gasteiger partial charge in [-0.25, -0.2) is 4.99 Å². The predicted octanol–water partition coefficient (Wildman–Crippen LogP) is 3.35. The van der Waals surface area contributed by atoms with Gasteiger partial charge in [-0.1, -0.05) is 44.2 Å². The van der Waals surface area contributed by atoms with Crippen molar-refractivity contribution in [2.75, 3.05) is 28.4 Å². The van der Waals surface area contributed by atoms with Crippen molar-refractivity contribution in [1.82, 2.24) is 10.6 Å². The SMILES string of the molecule is COc1ccc(CNC(=O)C(CC2CCCCC2)N=C(N)NC(=O)Cc2ccc(OC)c(OC)c2)cc1OC. The molecular weight excluding hydrogens is 500 g/mol. The summed E-state index contributed by atoms with van der Waals surface area (Å²) in [5, 5.41) is 5.59. The number of aliphatic imine (C=N–C) groups is 1. The van der Waals surface area contributed by atoms with Crippen molar-refractivity contribution in [3.63, 3.8) is 0 Å². The second-order valence-corrected chi connectivity index (χ2v) is 9.59. The van der Waals surface area contributed by atoms with Crippen molar-refractivity contribution in [3.8, 4) is 23.0 Å². The van der Waals surface area contributed by atoms with E-state index in [1.807, 2.05) is 12.1 Å². The van der Waals surface area contributed by atoms with Crippen LogP contribution in [-0.2, 0) is 22.6 Å². The normalized spacial score (nSPS) is 14.7. The van der Waals surface area contributed by atoms with E-state index in [0.717, 1.165) is 36.8 Å². The molecule has 0 heterocycles. The Morgan fingerprint density at radius 1 is 0.872 bits per heavy atom. The number of methoxy groups -OCH3 is 4. The molecule has 39 heavy (non-hydrogen) atoms. The van der Waals surface area contributed by atoms with E-state index in [1.165, 1.54) is 13.5 Å². The number of carbonyl (C=O) groups excluding carboxylic acids is 2. The topological polar surface area (TPSA) is 134 Å². The molecule has 212 valence electrons. The second kappa shape index (κ2) is 14.8. The Kier molecular flexibility index (Phi) is 11.3. The number of carbonyl (C=O) groups is 2. The molecule has 1 saturated carbocycles. The number of nitrogens with zero attached hydrogens (tertiary/aromatic N) is 1. The maximum atomic E-state index is 13.2. The highest BCUT2D eigenvalue weighted by Crippen LogP contribution is 2.30. The van der Waals surface area contributed by atoms with E-state index < -0.39 is 6.04 Å². The first kappa shape index (κ1) is 29.6. The van der Waals surface area contributed by atoms with Gasteiger partial charge in [0.1, 0.15) is 6.04 Å². The zero-order valence-corrected chi connectivity index (χ0v) is 23.2. The molecule has 0 saturated heterocycles. The standard InChI is InChI=1S/C29H40N4O6/c1-36-23-12-10-20(15-25(23)38-3)17-27(34)33-29(30)32-22(14-19-8-6-5-7-9-19)28(35)31-18-21-11-13-24(37-2)26(16-21)39-4/h10-13,15-16,19,22H,5-9,14,17-18H2,1-4H3,(H,31,35)(H3,30,32,33,34). The fourth-order valence-electron chi connectivity index (χ4n) is 4.82. The zero-order valence-electron chi connectivity index (χ0n) is 23.2. The molecule has 10 nitrogen and oxygen atoms in total. The molecule has 0 spiro atoms. The molecule has 10 heteroatoms. The van der Waals surface area contributed by atoms with E-state index in [-0.39, 0.29) is 24.2 Å². The van der Waals surface area contributed by atoms with Crippen molar-refractivity contribution < 1.29 is 28.5 Å². The number of nitrogens with one attached hydrogen (secondary N) is 2. The average molecular weight is 541 g/mol. The highest BCUT2D eigenvalue weighted by atomic mass is 16.5. The van der Waals surface area contributed by atoms with Gasteiger partial charge in [-0.15, -0.1) is 0 Å². The molecule has 0 bridgehead atoms. The average Bonchev–Trinajstić information content (AvgIpc) is 2.95. The molecule has 1 aliphatic rings. The highest BCUT2D eigenvalue weighted by Gasteiger charge is 2.25. The molecule has 0 aliphatic heterocycles. The summed E-state index contributed by atoms with van der Waals surface area (Å²) in [5.41, 5.74) is 7.70.